The van der Waals surface area contributed by atoms with Crippen molar-refractivity contribution in [1.29, 1.82) is 0 Å². The summed E-state index contributed by atoms with van der Waals surface area (Å²) in [5.41, 5.74) is 8.90. The minimum absolute atomic E-state index is 0.160. The monoisotopic (exact) mass is 466 g/mol. The van der Waals surface area contributed by atoms with Gasteiger partial charge in [0.1, 0.15) is 23.3 Å². The van der Waals surface area contributed by atoms with E-state index in [1.54, 1.807) is 0 Å². The fourth-order valence-electron chi connectivity index (χ4n) is 3.30. The first-order valence-electron chi connectivity index (χ1n) is 9.37. The van der Waals surface area contributed by atoms with Gasteiger partial charge in [0.2, 0.25) is 0 Å². The highest BCUT2D eigenvalue weighted by atomic mass is 32.2. The molecule has 1 aliphatic heterocycles. The second-order valence-corrected chi connectivity index (χ2v) is 9.55. The number of aromatic nitrogens is 4. The Bertz CT molecular complexity index is 1230. The van der Waals surface area contributed by atoms with E-state index in [0.717, 1.165) is 10.5 Å². The van der Waals surface area contributed by atoms with E-state index < -0.39 is 35.3 Å². The minimum Gasteiger partial charge on any atom is -0.390 e. The van der Waals surface area contributed by atoms with Crippen molar-refractivity contribution in [2.24, 2.45) is 5.14 Å². The zero-order valence-corrected chi connectivity index (χ0v) is 18.4. The number of fused-ring (bicyclic) bond motifs is 1. The van der Waals surface area contributed by atoms with Gasteiger partial charge in [0, 0.05) is 11.3 Å². The third-order valence-electron chi connectivity index (χ3n) is 5.05. The summed E-state index contributed by atoms with van der Waals surface area (Å²) in [6.07, 6.45) is -1.07. The molecule has 0 radical (unpaired) electrons. The van der Waals surface area contributed by atoms with Gasteiger partial charge in [0.05, 0.1) is 18.1 Å². The van der Waals surface area contributed by atoms with Gasteiger partial charge >= 0.3 is 10.3 Å². The summed E-state index contributed by atoms with van der Waals surface area (Å²) in [5, 5.41) is 21.0. The van der Waals surface area contributed by atoms with E-state index in [1.807, 2.05) is 26.0 Å². The predicted octanol–water partition coefficient (Wildman–Crippen LogP) is 1.05. The highest BCUT2D eigenvalue weighted by molar-refractivity contribution is 7.99. The van der Waals surface area contributed by atoms with Crippen LogP contribution >= 0.6 is 11.8 Å². The number of anilines is 1. The highest BCUT2D eigenvalue weighted by Crippen LogP contribution is 2.38. The molecule has 1 fully saturated rings. The first-order chi connectivity index (χ1) is 14.6. The lowest BCUT2D eigenvalue weighted by Crippen LogP contribution is -2.30. The normalized spacial score (nSPS) is 21.7. The van der Waals surface area contributed by atoms with Crippen molar-refractivity contribution in [2.45, 2.75) is 48.6 Å². The Morgan fingerprint density at radius 2 is 2.10 bits per heavy atom. The summed E-state index contributed by atoms with van der Waals surface area (Å²) in [5.74, 6) is 0.273. The summed E-state index contributed by atoms with van der Waals surface area (Å²) in [7, 11) is -4.15. The summed E-state index contributed by atoms with van der Waals surface area (Å²) < 4.78 is 34.0. The van der Waals surface area contributed by atoms with E-state index in [4.69, 9.17) is 15.6 Å². The van der Waals surface area contributed by atoms with Gasteiger partial charge in [0.25, 0.3) is 0 Å². The Hall–Kier alpha value is -2.29. The maximum absolute atomic E-state index is 11.0. The van der Waals surface area contributed by atoms with E-state index in [-0.39, 0.29) is 12.2 Å². The Kier molecular flexibility index (Phi) is 5.89. The molecule has 3 aromatic rings. The van der Waals surface area contributed by atoms with Crippen LogP contribution in [0.3, 0.4) is 0 Å². The highest BCUT2D eigenvalue weighted by Gasteiger charge is 2.38. The maximum atomic E-state index is 11.0. The maximum Gasteiger partial charge on any atom is 0.333 e. The number of hydrogen-bond donors (Lipinski definition) is 3. The third-order valence-corrected chi connectivity index (χ3v) is 6.49. The van der Waals surface area contributed by atoms with Crippen molar-refractivity contribution < 1.29 is 22.4 Å². The lowest BCUT2D eigenvalue weighted by molar-refractivity contribution is -0.0415. The standard InChI is InChI=1S/C18H22N6O5S2/c1-9-3-4-11(5-10(9)2)30-18-15-16(19)21-8-22-17(15)24(23-18)14-6-12(25)13(29-14)7-28-31(20,26)27/h3-5,8,12-14,25H,6-7H2,1-2H3,(H2,19,21,22)(H2,20,26,27)/t12-,13+,14+/m0/s1. The number of nitrogen functional groups attached to an aromatic ring is 1. The van der Waals surface area contributed by atoms with Crippen LogP contribution < -0.4 is 10.9 Å². The molecule has 166 valence electrons. The van der Waals surface area contributed by atoms with E-state index in [9.17, 15) is 13.5 Å². The van der Waals surface area contributed by atoms with Crippen molar-refractivity contribution in [3.63, 3.8) is 0 Å². The zero-order valence-electron chi connectivity index (χ0n) is 16.8. The van der Waals surface area contributed by atoms with Crippen molar-refractivity contribution in [3.05, 3.63) is 35.7 Å². The van der Waals surface area contributed by atoms with Gasteiger partial charge in [-0.3, -0.25) is 4.18 Å². The van der Waals surface area contributed by atoms with Gasteiger partial charge < -0.3 is 15.6 Å². The smallest absolute Gasteiger partial charge is 0.333 e. The number of aliphatic hydroxyl groups excluding tert-OH is 1. The van der Waals surface area contributed by atoms with E-state index >= 15 is 0 Å². The summed E-state index contributed by atoms with van der Waals surface area (Å²) >= 11 is 1.42. The van der Waals surface area contributed by atoms with E-state index in [0.29, 0.717) is 16.1 Å². The average Bonchev–Trinajstić information content (AvgIpc) is 3.24. The van der Waals surface area contributed by atoms with Gasteiger partial charge in [0.15, 0.2) is 11.9 Å². The number of nitrogens with two attached hydrogens (primary N) is 2. The molecule has 4 rings (SSSR count). The topological polar surface area (TPSA) is 168 Å². The summed E-state index contributed by atoms with van der Waals surface area (Å²) in [6, 6.07) is 6.08. The van der Waals surface area contributed by atoms with Gasteiger partial charge in [-0.25, -0.2) is 19.8 Å². The molecule has 0 spiro atoms. The van der Waals surface area contributed by atoms with Crippen molar-refractivity contribution >= 4 is 38.9 Å². The number of nitrogens with zero attached hydrogens (tertiary/aromatic N) is 4. The molecule has 31 heavy (non-hydrogen) atoms. The van der Waals surface area contributed by atoms with Gasteiger partial charge in [-0.1, -0.05) is 17.8 Å². The van der Waals surface area contributed by atoms with Crippen LogP contribution in [0.2, 0.25) is 0 Å². The van der Waals surface area contributed by atoms with Crippen molar-refractivity contribution in [2.75, 3.05) is 12.3 Å². The molecule has 13 heteroatoms. The number of benzene rings is 1. The molecule has 5 N–H and O–H groups in total. The number of hydrogen-bond acceptors (Lipinski definition) is 10. The molecule has 11 nitrogen and oxygen atoms in total. The Balaban J connectivity index is 1.66. The Labute approximate surface area is 183 Å². The Morgan fingerprint density at radius 3 is 2.81 bits per heavy atom. The molecular formula is C18H22N6O5S2. The average molecular weight is 467 g/mol. The summed E-state index contributed by atoms with van der Waals surface area (Å²) in [6.45, 7) is 3.67. The van der Waals surface area contributed by atoms with Crippen LogP contribution in [0.15, 0.2) is 34.4 Å². The van der Waals surface area contributed by atoms with Gasteiger partial charge in [-0.05, 0) is 37.1 Å². The lowest BCUT2D eigenvalue weighted by Gasteiger charge is -2.14. The number of aryl methyl sites for hydroxylation is 2. The predicted molar refractivity (Wildman–Crippen MR) is 113 cm³/mol. The Morgan fingerprint density at radius 1 is 1.32 bits per heavy atom. The SMILES string of the molecule is Cc1ccc(Sc2nn([C@H]3C[C@H](O)[C@@H](COS(N)(=O)=O)O3)c3ncnc(N)c23)cc1C. The quantitative estimate of drug-likeness (QED) is 0.477. The zero-order chi connectivity index (χ0) is 22.3. The fourth-order valence-corrected chi connectivity index (χ4v) is 4.65. The third kappa shape index (κ3) is 4.66. The fraction of sp³-hybridized carbons (Fsp3) is 0.389. The number of ether oxygens (including phenoxy) is 1. The molecule has 0 bridgehead atoms. The molecule has 2 aromatic heterocycles. The lowest BCUT2D eigenvalue weighted by atomic mass is 10.1. The second-order valence-electron chi connectivity index (χ2n) is 7.26. The largest absolute Gasteiger partial charge is 0.390 e. The van der Waals surface area contributed by atoms with Crippen LogP contribution in [0.5, 0.6) is 0 Å². The molecule has 0 aliphatic carbocycles. The van der Waals surface area contributed by atoms with Crippen LogP contribution in [0.1, 0.15) is 23.8 Å². The minimum atomic E-state index is -4.15. The number of rotatable bonds is 6. The van der Waals surface area contributed by atoms with Crippen LogP contribution in [0, 0.1) is 13.8 Å². The summed E-state index contributed by atoms with van der Waals surface area (Å²) in [4.78, 5) is 9.36. The van der Waals surface area contributed by atoms with Crippen LogP contribution in [0.4, 0.5) is 5.82 Å². The van der Waals surface area contributed by atoms with E-state index in [1.165, 1.54) is 28.3 Å². The van der Waals surface area contributed by atoms with Gasteiger partial charge in [-0.15, -0.1) is 0 Å². The van der Waals surface area contributed by atoms with Gasteiger partial charge in [-0.2, -0.15) is 13.5 Å². The van der Waals surface area contributed by atoms with E-state index in [2.05, 4.69) is 25.3 Å². The molecular weight excluding hydrogens is 444 g/mol. The first-order valence-corrected chi connectivity index (χ1v) is 11.7. The van der Waals surface area contributed by atoms with Crippen molar-refractivity contribution in [1.82, 2.24) is 19.7 Å². The molecule has 1 aliphatic rings. The molecule has 3 heterocycles. The molecule has 0 amide bonds. The molecule has 0 saturated carbocycles. The second kappa shape index (κ2) is 8.33. The molecule has 0 unspecified atom stereocenters. The molecule has 1 aromatic carbocycles. The van der Waals surface area contributed by atoms with Crippen LogP contribution in [-0.2, 0) is 19.2 Å². The first kappa shape index (κ1) is 21.9. The van der Waals surface area contributed by atoms with Crippen LogP contribution in [0.25, 0.3) is 11.0 Å². The van der Waals surface area contributed by atoms with Crippen LogP contribution in [-0.4, -0.2) is 52.1 Å². The number of aliphatic hydroxyl groups is 1. The molecule has 3 atom stereocenters. The van der Waals surface area contributed by atoms with Crippen molar-refractivity contribution in [3.8, 4) is 0 Å². The molecule has 1 saturated heterocycles.